The molecule has 0 saturated carbocycles. The summed E-state index contributed by atoms with van der Waals surface area (Å²) in [5.41, 5.74) is 2.06. The fourth-order valence-corrected chi connectivity index (χ4v) is 3.05. The first-order chi connectivity index (χ1) is 14.3. The first kappa shape index (κ1) is 21.1. The van der Waals surface area contributed by atoms with Crippen molar-refractivity contribution in [2.45, 2.75) is 0 Å². The summed E-state index contributed by atoms with van der Waals surface area (Å²) >= 11 is 5.84. The molecule has 3 aromatic rings. The summed E-state index contributed by atoms with van der Waals surface area (Å²) in [6.45, 7) is 0. The molecule has 2 N–H and O–H groups in total. The van der Waals surface area contributed by atoms with E-state index in [1.165, 1.54) is 24.3 Å². The van der Waals surface area contributed by atoms with E-state index in [2.05, 4.69) is 5.32 Å². The van der Waals surface area contributed by atoms with Gasteiger partial charge in [0.25, 0.3) is 5.91 Å². The van der Waals surface area contributed by atoms with Gasteiger partial charge in [0.15, 0.2) is 5.78 Å². The molecule has 1 amide bonds. The van der Waals surface area contributed by atoms with E-state index in [0.29, 0.717) is 11.1 Å². The molecule has 0 aliphatic rings. The number of carboxylic acids is 1. The van der Waals surface area contributed by atoms with E-state index in [0.717, 1.165) is 5.69 Å². The Hall–Kier alpha value is -3.64. The van der Waals surface area contributed by atoms with Crippen molar-refractivity contribution in [2.24, 2.45) is 0 Å². The molecule has 0 radical (unpaired) electrons. The minimum atomic E-state index is -1.21. The number of carbonyl (C=O) groups is 3. The normalized spacial score (nSPS) is 10.4. The minimum absolute atomic E-state index is 0.118. The second-order valence-electron chi connectivity index (χ2n) is 6.80. The topological polar surface area (TPSA) is 86.7 Å². The quantitative estimate of drug-likeness (QED) is 0.567. The average Bonchev–Trinajstić information content (AvgIpc) is 2.74. The van der Waals surface area contributed by atoms with Crippen LogP contribution in [0.15, 0.2) is 66.7 Å². The van der Waals surface area contributed by atoms with E-state index >= 15 is 0 Å². The fraction of sp³-hybridized carbons (Fsp3) is 0.0870. The smallest absolute Gasteiger partial charge is 0.337 e. The number of benzene rings is 3. The van der Waals surface area contributed by atoms with Crippen LogP contribution in [0.5, 0.6) is 0 Å². The van der Waals surface area contributed by atoms with E-state index in [9.17, 15) is 19.5 Å². The molecule has 3 aromatic carbocycles. The Morgan fingerprint density at radius 3 is 2.17 bits per heavy atom. The van der Waals surface area contributed by atoms with Gasteiger partial charge in [0.1, 0.15) is 0 Å². The van der Waals surface area contributed by atoms with Gasteiger partial charge >= 0.3 is 5.97 Å². The number of hydrogen-bond acceptors (Lipinski definition) is 4. The van der Waals surface area contributed by atoms with Crippen molar-refractivity contribution in [1.82, 2.24) is 0 Å². The summed E-state index contributed by atoms with van der Waals surface area (Å²) in [7, 11) is 3.82. The molecule has 6 nitrogen and oxygen atoms in total. The number of hydrogen-bond donors (Lipinski definition) is 2. The first-order valence-electron chi connectivity index (χ1n) is 9.02. The first-order valence-corrected chi connectivity index (χ1v) is 9.40. The Morgan fingerprint density at radius 1 is 0.867 bits per heavy atom. The number of aromatic carboxylic acids is 1. The second-order valence-corrected chi connectivity index (χ2v) is 7.24. The summed E-state index contributed by atoms with van der Waals surface area (Å²) in [6.07, 6.45) is 0. The Kier molecular flexibility index (Phi) is 6.18. The molecule has 152 valence electrons. The average molecular weight is 423 g/mol. The Morgan fingerprint density at radius 2 is 1.53 bits per heavy atom. The highest BCUT2D eigenvalue weighted by atomic mass is 35.5. The van der Waals surface area contributed by atoms with Crippen LogP contribution in [0.1, 0.15) is 36.6 Å². The van der Waals surface area contributed by atoms with Gasteiger partial charge in [-0.3, -0.25) is 9.59 Å². The standard InChI is InChI=1S/C23H19ClN2O4/c1-26(2)18-9-6-14(7-10-18)21(27)15-4-3-5-16(12-15)22(28)25-20-11-8-17(24)13-19(20)23(29)30/h3-13H,1-2H3,(H,25,28)(H,29,30). The van der Waals surface area contributed by atoms with E-state index in [1.54, 1.807) is 30.3 Å². The van der Waals surface area contributed by atoms with Crippen LogP contribution in [0.4, 0.5) is 11.4 Å². The molecule has 0 fully saturated rings. The van der Waals surface area contributed by atoms with Crippen LogP contribution in [0.2, 0.25) is 5.02 Å². The largest absolute Gasteiger partial charge is 0.478 e. The maximum Gasteiger partial charge on any atom is 0.337 e. The number of halogens is 1. The third-order valence-electron chi connectivity index (χ3n) is 4.49. The third-order valence-corrected chi connectivity index (χ3v) is 4.73. The van der Waals surface area contributed by atoms with Crippen molar-refractivity contribution in [3.05, 3.63) is 94.0 Å². The maximum absolute atomic E-state index is 12.8. The van der Waals surface area contributed by atoms with Gasteiger partial charge in [0.05, 0.1) is 11.3 Å². The number of carboxylic acid groups (broad SMARTS) is 1. The Balaban J connectivity index is 1.84. The lowest BCUT2D eigenvalue weighted by atomic mass is 10.0. The van der Waals surface area contributed by atoms with Crippen molar-refractivity contribution in [2.75, 3.05) is 24.3 Å². The summed E-state index contributed by atoms with van der Waals surface area (Å²) in [6, 6.07) is 17.6. The molecule has 0 aromatic heterocycles. The molecule has 7 heteroatoms. The number of nitrogens with one attached hydrogen (secondary N) is 1. The maximum atomic E-state index is 12.8. The Labute approximate surface area is 178 Å². The van der Waals surface area contributed by atoms with Crippen molar-refractivity contribution in [3.8, 4) is 0 Å². The van der Waals surface area contributed by atoms with Gasteiger partial charge in [-0.1, -0.05) is 23.7 Å². The minimum Gasteiger partial charge on any atom is -0.478 e. The molecule has 0 saturated heterocycles. The van der Waals surface area contributed by atoms with E-state index in [-0.39, 0.29) is 27.6 Å². The highest BCUT2D eigenvalue weighted by Gasteiger charge is 2.16. The number of amides is 1. The highest BCUT2D eigenvalue weighted by Crippen LogP contribution is 2.22. The van der Waals surface area contributed by atoms with Gasteiger partial charge in [0, 0.05) is 41.5 Å². The van der Waals surface area contributed by atoms with Gasteiger partial charge in [-0.2, -0.15) is 0 Å². The molecule has 0 unspecified atom stereocenters. The van der Waals surface area contributed by atoms with Crippen LogP contribution < -0.4 is 10.2 Å². The zero-order chi connectivity index (χ0) is 21.8. The molecule has 0 aliphatic carbocycles. The van der Waals surface area contributed by atoms with Gasteiger partial charge < -0.3 is 15.3 Å². The molecule has 30 heavy (non-hydrogen) atoms. The molecule has 0 heterocycles. The SMILES string of the molecule is CN(C)c1ccc(C(=O)c2cccc(C(=O)Nc3ccc(Cl)cc3C(=O)O)c2)cc1. The second kappa shape index (κ2) is 8.80. The van der Waals surface area contributed by atoms with E-state index < -0.39 is 11.9 Å². The van der Waals surface area contributed by atoms with Gasteiger partial charge in [-0.05, 0) is 54.6 Å². The van der Waals surface area contributed by atoms with Crippen LogP contribution in [0.25, 0.3) is 0 Å². The van der Waals surface area contributed by atoms with Gasteiger partial charge in [-0.25, -0.2) is 4.79 Å². The lowest BCUT2D eigenvalue weighted by Crippen LogP contribution is -2.15. The van der Waals surface area contributed by atoms with Crippen LogP contribution in [0.3, 0.4) is 0 Å². The highest BCUT2D eigenvalue weighted by molar-refractivity contribution is 6.31. The van der Waals surface area contributed by atoms with Gasteiger partial charge in [0.2, 0.25) is 0 Å². The number of nitrogens with zero attached hydrogens (tertiary/aromatic N) is 1. The molecule has 0 aliphatic heterocycles. The molecular formula is C23H19ClN2O4. The molecule has 3 rings (SSSR count). The van der Waals surface area contributed by atoms with Crippen molar-refractivity contribution in [1.29, 1.82) is 0 Å². The van der Waals surface area contributed by atoms with Gasteiger partial charge in [-0.15, -0.1) is 0 Å². The lowest BCUT2D eigenvalue weighted by Gasteiger charge is -2.12. The summed E-state index contributed by atoms with van der Waals surface area (Å²) in [5.74, 6) is -1.96. The summed E-state index contributed by atoms with van der Waals surface area (Å²) < 4.78 is 0. The van der Waals surface area contributed by atoms with Crippen molar-refractivity contribution in [3.63, 3.8) is 0 Å². The lowest BCUT2D eigenvalue weighted by molar-refractivity contribution is 0.0698. The molecule has 0 atom stereocenters. The van der Waals surface area contributed by atoms with Crippen molar-refractivity contribution < 1.29 is 19.5 Å². The van der Waals surface area contributed by atoms with Crippen LogP contribution in [-0.4, -0.2) is 36.9 Å². The predicted octanol–water partition coefficient (Wildman–Crippen LogP) is 4.59. The number of ketones is 1. The summed E-state index contributed by atoms with van der Waals surface area (Å²) in [4.78, 5) is 38.8. The molecular weight excluding hydrogens is 404 g/mol. The predicted molar refractivity (Wildman–Crippen MR) is 117 cm³/mol. The third kappa shape index (κ3) is 4.67. The van der Waals surface area contributed by atoms with Crippen LogP contribution in [-0.2, 0) is 0 Å². The number of carbonyl (C=O) groups excluding carboxylic acids is 2. The molecule has 0 spiro atoms. The monoisotopic (exact) mass is 422 g/mol. The van der Waals surface area contributed by atoms with E-state index in [1.807, 2.05) is 31.1 Å². The van der Waals surface area contributed by atoms with Crippen molar-refractivity contribution >= 4 is 40.6 Å². The number of anilines is 2. The number of rotatable bonds is 6. The fourth-order valence-electron chi connectivity index (χ4n) is 2.88. The zero-order valence-electron chi connectivity index (χ0n) is 16.3. The summed E-state index contributed by atoms with van der Waals surface area (Å²) in [5, 5.41) is 12.1. The Bertz CT molecular complexity index is 1120. The zero-order valence-corrected chi connectivity index (χ0v) is 17.1. The van der Waals surface area contributed by atoms with E-state index in [4.69, 9.17) is 11.6 Å². The molecule has 0 bridgehead atoms. The van der Waals surface area contributed by atoms with Crippen LogP contribution in [0, 0.1) is 0 Å². The van der Waals surface area contributed by atoms with Crippen LogP contribution >= 0.6 is 11.6 Å².